The zero-order valence-corrected chi connectivity index (χ0v) is 16.5. The minimum absolute atomic E-state index is 0.00962. The number of amides is 3. The van der Waals surface area contributed by atoms with E-state index >= 15 is 0 Å². The molecule has 0 aliphatic rings. The lowest BCUT2D eigenvalue weighted by Gasteiger charge is -2.18. The first-order valence-electron chi connectivity index (χ1n) is 9.33. The van der Waals surface area contributed by atoms with Gasteiger partial charge in [-0.3, -0.25) is 14.4 Å². The average molecular weight is 432 g/mol. The van der Waals surface area contributed by atoms with E-state index in [0.717, 1.165) is 0 Å². The molecule has 0 spiro atoms. The van der Waals surface area contributed by atoms with Crippen molar-refractivity contribution in [2.24, 2.45) is 5.73 Å². The van der Waals surface area contributed by atoms with E-state index in [1.54, 1.807) is 12.1 Å². The number of rotatable bonds is 11. The number of phenolic OH excluding ortho intramolecular Hbond substituents is 1. The van der Waals surface area contributed by atoms with Gasteiger partial charge in [0, 0.05) is 24.7 Å². The molecule has 0 aliphatic carbocycles. The summed E-state index contributed by atoms with van der Waals surface area (Å²) in [6, 6.07) is 3.67. The van der Waals surface area contributed by atoms with Crippen molar-refractivity contribution in [2.45, 2.75) is 24.9 Å². The third kappa shape index (κ3) is 7.78. The van der Waals surface area contributed by atoms with Gasteiger partial charge in [0.15, 0.2) is 0 Å². The highest BCUT2D eigenvalue weighted by atomic mass is 16.4. The number of nitrogens with two attached hydrogens (primary N) is 1. The Morgan fingerprint density at radius 1 is 1.03 bits per heavy atom. The number of carbonyl (C=O) groups excluding carboxylic acids is 3. The van der Waals surface area contributed by atoms with Crippen LogP contribution in [0.15, 0.2) is 36.8 Å². The lowest BCUT2D eigenvalue weighted by Crippen LogP contribution is -2.52. The normalized spacial score (nSPS) is 12.4. The second kappa shape index (κ2) is 11.3. The van der Waals surface area contributed by atoms with E-state index in [1.165, 1.54) is 24.7 Å². The fourth-order valence-corrected chi connectivity index (χ4v) is 2.68. The van der Waals surface area contributed by atoms with Crippen LogP contribution >= 0.6 is 0 Å². The van der Waals surface area contributed by atoms with Crippen molar-refractivity contribution < 1.29 is 29.4 Å². The first kappa shape index (κ1) is 23.3. The molecule has 31 heavy (non-hydrogen) atoms. The van der Waals surface area contributed by atoms with Gasteiger partial charge in [0.1, 0.15) is 17.8 Å². The van der Waals surface area contributed by atoms with Gasteiger partial charge < -0.3 is 36.9 Å². The Kier molecular flexibility index (Phi) is 8.52. The van der Waals surface area contributed by atoms with E-state index in [4.69, 9.17) is 5.73 Å². The number of hydrogen-bond donors (Lipinski definition) is 7. The van der Waals surface area contributed by atoms with Crippen LogP contribution in [0.4, 0.5) is 0 Å². The molecule has 8 N–H and O–H groups in total. The van der Waals surface area contributed by atoms with E-state index in [1.807, 2.05) is 0 Å². The molecule has 0 radical (unpaired) electrons. The summed E-state index contributed by atoms with van der Waals surface area (Å²) in [4.78, 5) is 54.3. The van der Waals surface area contributed by atoms with Crippen LogP contribution < -0.4 is 21.7 Å². The first-order valence-corrected chi connectivity index (χ1v) is 9.33. The standard InChI is InChI=1S/C19H24N6O6/c20-7-16(27)24-14(6-12-8-21-10-23-12)18(29)22-9-17(28)25-15(19(30)31)5-11-1-3-13(26)4-2-11/h1-4,8,10,14-15,26H,5-7,9,20H2,(H,21,23)(H,22,29)(H,24,27)(H,25,28)(H,30,31). The molecule has 166 valence electrons. The monoisotopic (exact) mass is 432 g/mol. The molecule has 1 aromatic heterocycles. The Bertz CT molecular complexity index is 899. The summed E-state index contributed by atoms with van der Waals surface area (Å²) in [5.41, 5.74) is 6.45. The average Bonchev–Trinajstić information content (AvgIpc) is 3.25. The zero-order valence-electron chi connectivity index (χ0n) is 16.5. The lowest BCUT2D eigenvalue weighted by molar-refractivity contribution is -0.141. The molecule has 0 saturated heterocycles. The molecule has 0 fully saturated rings. The second-order valence-corrected chi connectivity index (χ2v) is 6.65. The number of carboxylic acid groups (broad SMARTS) is 1. The molecule has 0 saturated carbocycles. The molecule has 0 aliphatic heterocycles. The fraction of sp³-hybridized carbons (Fsp3) is 0.316. The predicted molar refractivity (Wildman–Crippen MR) is 108 cm³/mol. The molecule has 1 heterocycles. The third-order valence-corrected chi connectivity index (χ3v) is 4.25. The largest absolute Gasteiger partial charge is 0.508 e. The number of aliphatic carboxylic acids is 1. The highest BCUT2D eigenvalue weighted by Gasteiger charge is 2.24. The first-order chi connectivity index (χ1) is 14.8. The highest BCUT2D eigenvalue weighted by molar-refractivity contribution is 5.92. The van der Waals surface area contributed by atoms with E-state index in [-0.39, 0.29) is 25.1 Å². The number of nitrogens with one attached hydrogen (secondary N) is 4. The third-order valence-electron chi connectivity index (χ3n) is 4.25. The summed E-state index contributed by atoms with van der Waals surface area (Å²) >= 11 is 0. The van der Waals surface area contributed by atoms with Crippen LogP contribution in [0.1, 0.15) is 11.3 Å². The summed E-state index contributed by atoms with van der Waals surface area (Å²) in [5, 5.41) is 25.8. The van der Waals surface area contributed by atoms with Crippen LogP contribution in [0.2, 0.25) is 0 Å². The van der Waals surface area contributed by atoms with Gasteiger partial charge in [-0.25, -0.2) is 9.78 Å². The number of carboxylic acids is 1. The number of aromatic nitrogens is 2. The lowest BCUT2D eigenvalue weighted by atomic mass is 10.1. The van der Waals surface area contributed by atoms with Crippen molar-refractivity contribution in [3.05, 3.63) is 48.0 Å². The Balaban J connectivity index is 1.92. The topological polar surface area (TPSA) is 200 Å². The maximum absolute atomic E-state index is 12.4. The molecule has 2 unspecified atom stereocenters. The number of H-pyrrole nitrogens is 1. The molecule has 2 aromatic rings. The number of phenols is 1. The van der Waals surface area contributed by atoms with Gasteiger partial charge in [0.25, 0.3) is 0 Å². The van der Waals surface area contributed by atoms with Crippen LogP contribution in [0.5, 0.6) is 5.75 Å². The van der Waals surface area contributed by atoms with Gasteiger partial charge in [-0.1, -0.05) is 12.1 Å². The van der Waals surface area contributed by atoms with Gasteiger partial charge >= 0.3 is 5.97 Å². The van der Waals surface area contributed by atoms with Crippen molar-refractivity contribution in [1.82, 2.24) is 25.9 Å². The maximum Gasteiger partial charge on any atom is 0.326 e. The van der Waals surface area contributed by atoms with Crippen LogP contribution in [0.3, 0.4) is 0 Å². The predicted octanol–water partition coefficient (Wildman–Crippen LogP) is -1.97. The molecule has 3 amide bonds. The number of nitrogens with zero attached hydrogens (tertiary/aromatic N) is 1. The molecular formula is C19H24N6O6. The number of benzene rings is 1. The Labute approximate surface area is 177 Å². The quantitative estimate of drug-likeness (QED) is 0.212. The fourth-order valence-electron chi connectivity index (χ4n) is 2.68. The molecule has 0 bridgehead atoms. The summed E-state index contributed by atoms with van der Waals surface area (Å²) in [6.07, 6.45) is 2.99. The second-order valence-electron chi connectivity index (χ2n) is 6.65. The maximum atomic E-state index is 12.4. The minimum atomic E-state index is -1.25. The number of aromatic amines is 1. The van der Waals surface area contributed by atoms with Gasteiger partial charge in [-0.05, 0) is 17.7 Å². The molecule has 2 atom stereocenters. The minimum Gasteiger partial charge on any atom is -0.508 e. The summed E-state index contributed by atoms with van der Waals surface area (Å²) in [5.74, 6) is -3.13. The molecular weight excluding hydrogens is 408 g/mol. The molecule has 2 rings (SSSR count). The molecule has 12 heteroatoms. The van der Waals surface area contributed by atoms with Crippen LogP contribution in [0.25, 0.3) is 0 Å². The van der Waals surface area contributed by atoms with Crippen LogP contribution in [-0.2, 0) is 32.0 Å². The number of aromatic hydroxyl groups is 1. The van der Waals surface area contributed by atoms with Crippen molar-refractivity contribution >= 4 is 23.7 Å². The Hall–Kier alpha value is -3.93. The summed E-state index contributed by atoms with van der Waals surface area (Å²) < 4.78 is 0. The molecule has 1 aromatic carbocycles. The zero-order chi connectivity index (χ0) is 22.8. The highest BCUT2D eigenvalue weighted by Crippen LogP contribution is 2.11. The summed E-state index contributed by atoms with van der Waals surface area (Å²) in [7, 11) is 0. The number of carbonyl (C=O) groups is 4. The Morgan fingerprint density at radius 3 is 2.29 bits per heavy atom. The van der Waals surface area contributed by atoms with Crippen LogP contribution in [0, 0.1) is 0 Å². The smallest absolute Gasteiger partial charge is 0.326 e. The number of hydrogen-bond acceptors (Lipinski definition) is 7. The van der Waals surface area contributed by atoms with Crippen LogP contribution in [-0.4, -0.2) is 69.0 Å². The van der Waals surface area contributed by atoms with Gasteiger partial charge in [-0.2, -0.15) is 0 Å². The van der Waals surface area contributed by atoms with Crippen molar-refractivity contribution in [3.63, 3.8) is 0 Å². The number of imidazole rings is 1. The van der Waals surface area contributed by atoms with Gasteiger partial charge in [0.05, 0.1) is 19.4 Å². The van der Waals surface area contributed by atoms with Gasteiger partial charge in [-0.15, -0.1) is 0 Å². The summed E-state index contributed by atoms with van der Waals surface area (Å²) in [6.45, 7) is -0.805. The van der Waals surface area contributed by atoms with Crippen molar-refractivity contribution in [2.75, 3.05) is 13.1 Å². The van der Waals surface area contributed by atoms with Gasteiger partial charge in [0.2, 0.25) is 17.7 Å². The van der Waals surface area contributed by atoms with E-state index < -0.39 is 42.3 Å². The van der Waals surface area contributed by atoms with E-state index in [9.17, 15) is 29.4 Å². The SMILES string of the molecule is NCC(=O)NC(Cc1cnc[nH]1)C(=O)NCC(=O)NC(Cc1ccc(O)cc1)C(=O)O. The van der Waals surface area contributed by atoms with Crippen molar-refractivity contribution in [3.8, 4) is 5.75 Å². The van der Waals surface area contributed by atoms with Crippen molar-refractivity contribution in [1.29, 1.82) is 0 Å². The Morgan fingerprint density at radius 2 is 1.71 bits per heavy atom. The molecule has 12 nitrogen and oxygen atoms in total. The van der Waals surface area contributed by atoms with E-state index in [2.05, 4.69) is 25.9 Å². The van der Waals surface area contributed by atoms with E-state index in [0.29, 0.717) is 11.3 Å².